The van der Waals surface area contributed by atoms with Crippen molar-refractivity contribution in [1.29, 1.82) is 0 Å². The Kier molecular flexibility index (Phi) is 1.89. The van der Waals surface area contributed by atoms with E-state index in [1.807, 2.05) is 0 Å². The van der Waals surface area contributed by atoms with E-state index in [0.29, 0.717) is 6.04 Å². The normalized spacial score (nSPS) is 47.5. The van der Waals surface area contributed by atoms with Crippen LogP contribution >= 0.6 is 0 Å². The van der Waals surface area contributed by atoms with Gasteiger partial charge in [-0.2, -0.15) is 5.06 Å². The summed E-state index contributed by atoms with van der Waals surface area (Å²) in [5.74, 6) is -0.157. The molecule has 2 bridgehead atoms. The van der Waals surface area contributed by atoms with Gasteiger partial charge < -0.3 is 4.74 Å². The summed E-state index contributed by atoms with van der Waals surface area (Å²) in [4.78, 5) is 17.6. The first-order chi connectivity index (χ1) is 7.23. The maximum atomic E-state index is 11.8. The summed E-state index contributed by atoms with van der Waals surface area (Å²) >= 11 is 0. The molecule has 4 atom stereocenters. The predicted octanol–water partition coefficient (Wildman–Crippen LogP) is 1.11. The zero-order chi connectivity index (χ0) is 10.6. The molecular formula is C11H17NO3. The monoisotopic (exact) mass is 211 g/mol. The molecule has 3 aliphatic heterocycles. The van der Waals surface area contributed by atoms with Crippen LogP contribution in [0.2, 0.25) is 0 Å². The molecule has 0 spiro atoms. The number of hydrogen-bond acceptors (Lipinski definition) is 4. The molecule has 3 saturated heterocycles. The first-order valence-electron chi connectivity index (χ1n) is 5.77. The Bertz CT molecular complexity index is 306. The summed E-state index contributed by atoms with van der Waals surface area (Å²) in [5.41, 5.74) is -0.0549. The van der Waals surface area contributed by atoms with Crippen molar-refractivity contribution < 1.29 is 14.4 Å². The topological polar surface area (TPSA) is 38.8 Å². The number of hydrogen-bond donors (Lipinski definition) is 0. The molecule has 3 unspecified atom stereocenters. The van der Waals surface area contributed by atoms with Crippen molar-refractivity contribution in [3.63, 3.8) is 0 Å². The lowest BCUT2D eigenvalue weighted by molar-refractivity contribution is -0.153. The van der Waals surface area contributed by atoms with Gasteiger partial charge in [0.1, 0.15) is 5.92 Å². The van der Waals surface area contributed by atoms with Gasteiger partial charge >= 0.3 is 5.97 Å². The number of methoxy groups -OCH3 is 1. The van der Waals surface area contributed by atoms with E-state index in [4.69, 9.17) is 9.57 Å². The number of hydroxylamine groups is 2. The number of carbonyl (C=O) groups excluding carboxylic acids is 1. The lowest BCUT2D eigenvalue weighted by Gasteiger charge is -2.36. The molecule has 84 valence electrons. The van der Waals surface area contributed by atoms with Crippen molar-refractivity contribution in [2.45, 2.75) is 50.3 Å². The molecule has 4 nitrogen and oxygen atoms in total. The highest BCUT2D eigenvalue weighted by atomic mass is 16.7. The lowest BCUT2D eigenvalue weighted by Crippen LogP contribution is -2.51. The van der Waals surface area contributed by atoms with Crippen molar-refractivity contribution in [2.75, 3.05) is 7.11 Å². The minimum absolute atomic E-state index is 0.0549. The third kappa shape index (κ3) is 0.967. The summed E-state index contributed by atoms with van der Waals surface area (Å²) in [6.07, 6.45) is 4.29. The van der Waals surface area contributed by atoms with Gasteiger partial charge in [-0.15, -0.1) is 0 Å². The molecule has 0 N–H and O–H groups in total. The van der Waals surface area contributed by atoms with E-state index < -0.39 is 0 Å². The Morgan fingerprint density at radius 2 is 2.47 bits per heavy atom. The fourth-order valence-corrected chi connectivity index (χ4v) is 3.76. The van der Waals surface area contributed by atoms with Gasteiger partial charge in [0.15, 0.2) is 0 Å². The van der Waals surface area contributed by atoms with Crippen LogP contribution in [0.15, 0.2) is 0 Å². The smallest absolute Gasteiger partial charge is 0.313 e. The largest absolute Gasteiger partial charge is 0.469 e. The molecule has 0 amide bonds. The van der Waals surface area contributed by atoms with Gasteiger partial charge in [-0.1, -0.05) is 6.92 Å². The van der Waals surface area contributed by atoms with Gasteiger partial charge in [0.05, 0.1) is 18.8 Å². The first-order valence-corrected chi connectivity index (χ1v) is 5.77. The fraction of sp³-hybridized carbons (Fsp3) is 0.909. The quantitative estimate of drug-likeness (QED) is 0.641. The summed E-state index contributed by atoms with van der Waals surface area (Å²) in [6, 6.07) is 0.552. The van der Waals surface area contributed by atoms with Crippen LogP contribution in [-0.4, -0.2) is 35.8 Å². The molecule has 0 aliphatic carbocycles. The highest BCUT2D eigenvalue weighted by Gasteiger charge is 2.67. The number of carbonyl (C=O) groups is 1. The van der Waals surface area contributed by atoms with Crippen LogP contribution in [0.1, 0.15) is 32.6 Å². The number of fused-ring (bicyclic) bond motifs is 1. The molecule has 0 saturated carbocycles. The van der Waals surface area contributed by atoms with Crippen LogP contribution in [0.25, 0.3) is 0 Å². The van der Waals surface area contributed by atoms with Crippen LogP contribution in [0.5, 0.6) is 0 Å². The van der Waals surface area contributed by atoms with Crippen LogP contribution in [-0.2, 0) is 14.4 Å². The molecule has 0 radical (unpaired) electrons. The Labute approximate surface area is 89.5 Å². The van der Waals surface area contributed by atoms with E-state index in [0.717, 1.165) is 25.7 Å². The second-order valence-electron chi connectivity index (χ2n) is 4.86. The van der Waals surface area contributed by atoms with Crippen LogP contribution in [0.4, 0.5) is 0 Å². The number of rotatable bonds is 2. The molecule has 15 heavy (non-hydrogen) atoms. The number of piperidine rings is 1. The molecule has 3 rings (SSSR count). The van der Waals surface area contributed by atoms with E-state index >= 15 is 0 Å². The zero-order valence-electron chi connectivity index (χ0n) is 9.23. The molecular weight excluding hydrogens is 194 g/mol. The summed E-state index contributed by atoms with van der Waals surface area (Å²) < 4.78 is 4.92. The third-order valence-corrected chi connectivity index (χ3v) is 4.45. The predicted molar refractivity (Wildman–Crippen MR) is 52.9 cm³/mol. The van der Waals surface area contributed by atoms with Crippen molar-refractivity contribution in [3.8, 4) is 0 Å². The van der Waals surface area contributed by atoms with Crippen molar-refractivity contribution >= 4 is 5.97 Å². The standard InChI is InChI=1S/C11H17NO3/c1-3-11-5-4-7-6-8(15-12(7)11)9(11)10(13)14-2/h7-9H,3-6H2,1-2H3/t7?,8-,9?,11?/m0/s1. The average Bonchev–Trinajstić information content (AvgIpc) is 2.83. The molecule has 3 aliphatic rings. The summed E-state index contributed by atoms with van der Waals surface area (Å²) in [7, 11) is 1.47. The van der Waals surface area contributed by atoms with Crippen LogP contribution in [0.3, 0.4) is 0 Å². The first kappa shape index (κ1) is 9.60. The Balaban J connectivity index is 1.98. The van der Waals surface area contributed by atoms with E-state index in [9.17, 15) is 4.79 Å². The van der Waals surface area contributed by atoms with Crippen molar-refractivity contribution in [1.82, 2.24) is 5.06 Å². The van der Waals surface area contributed by atoms with Gasteiger partial charge in [0.2, 0.25) is 0 Å². The van der Waals surface area contributed by atoms with E-state index in [-0.39, 0.29) is 23.5 Å². The minimum Gasteiger partial charge on any atom is -0.469 e. The minimum atomic E-state index is -0.0929. The number of esters is 1. The van der Waals surface area contributed by atoms with Gasteiger partial charge in [0, 0.05) is 6.04 Å². The fourth-order valence-electron chi connectivity index (χ4n) is 3.76. The average molecular weight is 211 g/mol. The van der Waals surface area contributed by atoms with Crippen LogP contribution < -0.4 is 0 Å². The molecule has 3 fully saturated rings. The molecule has 0 aromatic carbocycles. The SMILES string of the molecule is CCC12CCC3C[C@H](ON31)C2C(=O)OC. The van der Waals surface area contributed by atoms with Crippen molar-refractivity contribution in [3.05, 3.63) is 0 Å². The molecule has 4 heteroatoms. The maximum Gasteiger partial charge on any atom is 0.313 e. The van der Waals surface area contributed by atoms with Gasteiger partial charge in [-0.3, -0.25) is 9.63 Å². The van der Waals surface area contributed by atoms with Gasteiger partial charge in [-0.05, 0) is 25.7 Å². The highest BCUT2D eigenvalue weighted by molar-refractivity contribution is 5.75. The van der Waals surface area contributed by atoms with Gasteiger partial charge in [0.25, 0.3) is 0 Å². The molecule has 0 aromatic rings. The van der Waals surface area contributed by atoms with Gasteiger partial charge in [-0.25, -0.2) is 0 Å². The van der Waals surface area contributed by atoms with E-state index in [1.54, 1.807) is 0 Å². The summed E-state index contributed by atoms with van der Waals surface area (Å²) in [6.45, 7) is 2.14. The lowest BCUT2D eigenvalue weighted by atomic mass is 9.77. The molecule has 0 aromatic heterocycles. The Morgan fingerprint density at radius 1 is 1.67 bits per heavy atom. The maximum absolute atomic E-state index is 11.8. The van der Waals surface area contributed by atoms with Crippen LogP contribution in [0, 0.1) is 5.92 Å². The third-order valence-electron chi connectivity index (χ3n) is 4.45. The Hall–Kier alpha value is -0.610. The van der Waals surface area contributed by atoms with Crippen molar-refractivity contribution in [2.24, 2.45) is 5.92 Å². The summed E-state index contributed by atoms with van der Waals surface area (Å²) in [5, 5.41) is 2.11. The Morgan fingerprint density at radius 3 is 3.13 bits per heavy atom. The van der Waals surface area contributed by atoms with E-state index in [1.165, 1.54) is 7.11 Å². The number of ether oxygens (including phenoxy) is 1. The zero-order valence-corrected chi connectivity index (χ0v) is 9.23. The molecule has 3 heterocycles. The second-order valence-corrected chi connectivity index (χ2v) is 4.86. The second kappa shape index (κ2) is 2.95. The number of nitrogens with zero attached hydrogens (tertiary/aromatic N) is 1. The van der Waals surface area contributed by atoms with E-state index in [2.05, 4.69) is 12.0 Å². The highest BCUT2D eigenvalue weighted by Crippen LogP contribution is 2.56.